The lowest BCUT2D eigenvalue weighted by Crippen LogP contribution is -2.01. The highest BCUT2D eigenvalue weighted by atomic mass is 35.5. The quantitative estimate of drug-likeness (QED) is 0.419. The van der Waals surface area contributed by atoms with E-state index in [9.17, 15) is 10.1 Å². The summed E-state index contributed by atoms with van der Waals surface area (Å²) in [6.45, 7) is 1.63. The number of nitrogens with zero attached hydrogens (tertiary/aromatic N) is 5. The lowest BCUT2D eigenvalue weighted by molar-refractivity contribution is -0.386. The van der Waals surface area contributed by atoms with Crippen molar-refractivity contribution < 1.29 is 9.66 Å². The molecule has 3 rings (SSSR count). The van der Waals surface area contributed by atoms with Crippen molar-refractivity contribution >= 4 is 23.1 Å². The summed E-state index contributed by atoms with van der Waals surface area (Å²) in [6.07, 6.45) is 1.29. The van der Waals surface area contributed by atoms with Crippen LogP contribution in [0.5, 0.6) is 11.6 Å². The number of halogens is 1. The number of hydrogen-bond donors (Lipinski definition) is 0. The molecule has 0 aliphatic heterocycles. The van der Waals surface area contributed by atoms with Gasteiger partial charge < -0.3 is 4.74 Å². The first-order valence-corrected chi connectivity index (χ1v) is 6.22. The van der Waals surface area contributed by atoms with E-state index in [1.54, 1.807) is 19.1 Å². The van der Waals surface area contributed by atoms with Crippen molar-refractivity contribution in [3.8, 4) is 11.6 Å². The van der Waals surface area contributed by atoms with Crippen molar-refractivity contribution in [3.63, 3.8) is 0 Å². The van der Waals surface area contributed by atoms with Crippen LogP contribution in [-0.4, -0.2) is 24.5 Å². The molecule has 0 radical (unpaired) electrons. The summed E-state index contributed by atoms with van der Waals surface area (Å²) in [5.41, 5.74) is 0.381. The molecule has 3 aromatic rings. The molecule has 0 atom stereocenters. The van der Waals surface area contributed by atoms with Crippen LogP contribution >= 0.6 is 11.6 Å². The van der Waals surface area contributed by atoms with E-state index in [2.05, 4.69) is 15.1 Å². The van der Waals surface area contributed by atoms with Crippen molar-refractivity contribution in [2.75, 3.05) is 0 Å². The van der Waals surface area contributed by atoms with Crippen molar-refractivity contribution in [2.45, 2.75) is 6.92 Å². The topological polar surface area (TPSA) is 95.5 Å². The molecule has 21 heavy (non-hydrogen) atoms. The largest absolute Gasteiger partial charge is 0.431 e. The molecule has 8 nitrogen and oxygen atoms in total. The first kappa shape index (κ1) is 13.3. The van der Waals surface area contributed by atoms with Crippen LogP contribution in [0.25, 0.3) is 5.78 Å². The average Bonchev–Trinajstić information content (AvgIpc) is 2.86. The van der Waals surface area contributed by atoms with Gasteiger partial charge in [-0.05, 0) is 13.0 Å². The maximum absolute atomic E-state index is 11.2. The predicted molar refractivity (Wildman–Crippen MR) is 73.7 cm³/mol. The van der Waals surface area contributed by atoms with Crippen LogP contribution in [0.3, 0.4) is 0 Å². The van der Waals surface area contributed by atoms with Gasteiger partial charge in [-0.15, -0.1) is 0 Å². The standard InChI is InChI=1S/C12H8ClN5O3/c1-7-3-2-4-8(11(7)18(19)20)21-10-5-9(13)16-12-14-6-15-17(10)12/h2-6H,1H3. The maximum Gasteiger partial charge on any atom is 0.314 e. The monoisotopic (exact) mass is 305 g/mol. The van der Waals surface area contributed by atoms with Gasteiger partial charge in [-0.3, -0.25) is 10.1 Å². The minimum atomic E-state index is -0.494. The molecule has 1 aromatic carbocycles. The molecule has 2 aromatic heterocycles. The molecule has 0 amide bonds. The Labute approximate surface area is 123 Å². The number of nitro groups is 1. The molecular formula is C12H8ClN5O3. The highest BCUT2D eigenvalue weighted by Crippen LogP contribution is 2.34. The molecule has 0 fully saturated rings. The number of rotatable bonds is 3. The Morgan fingerprint density at radius 1 is 1.43 bits per heavy atom. The number of ether oxygens (including phenoxy) is 1. The number of fused-ring (bicyclic) bond motifs is 1. The highest BCUT2D eigenvalue weighted by Gasteiger charge is 2.20. The Bertz CT molecular complexity index is 848. The molecule has 0 aliphatic rings. The molecule has 0 saturated heterocycles. The zero-order chi connectivity index (χ0) is 15.0. The minimum absolute atomic E-state index is 0.0964. The number of para-hydroxylation sites is 1. The van der Waals surface area contributed by atoms with Crippen molar-refractivity contribution in [3.05, 3.63) is 51.4 Å². The third-order valence-corrected chi connectivity index (χ3v) is 2.98. The van der Waals surface area contributed by atoms with Crippen LogP contribution in [0.4, 0.5) is 5.69 Å². The number of nitro benzene ring substituents is 1. The second-order valence-electron chi connectivity index (χ2n) is 4.17. The lowest BCUT2D eigenvalue weighted by Gasteiger charge is -2.08. The summed E-state index contributed by atoms with van der Waals surface area (Å²) < 4.78 is 6.90. The van der Waals surface area contributed by atoms with Crippen LogP contribution < -0.4 is 4.74 Å². The average molecular weight is 306 g/mol. The van der Waals surface area contributed by atoms with Crippen molar-refractivity contribution in [1.29, 1.82) is 0 Å². The van der Waals surface area contributed by atoms with E-state index in [0.29, 0.717) is 5.56 Å². The Balaban J connectivity index is 2.13. The van der Waals surface area contributed by atoms with Gasteiger partial charge in [0.15, 0.2) is 0 Å². The normalized spacial score (nSPS) is 10.8. The van der Waals surface area contributed by atoms with E-state index in [0.717, 1.165) is 0 Å². The Morgan fingerprint density at radius 2 is 2.24 bits per heavy atom. The van der Waals surface area contributed by atoms with Gasteiger partial charge in [-0.25, -0.2) is 0 Å². The molecule has 0 saturated carbocycles. The fraction of sp³-hybridized carbons (Fsp3) is 0.0833. The molecule has 0 spiro atoms. The van der Waals surface area contributed by atoms with Crippen molar-refractivity contribution in [1.82, 2.24) is 19.6 Å². The Kier molecular flexibility index (Phi) is 3.15. The molecule has 0 bridgehead atoms. The molecule has 0 aliphatic carbocycles. The van der Waals surface area contributed by atoms with E-state index < -0.39 is 4.92 Å². The molecular weight excluding hydrogens is 298 g/mol. The maximum atomic E-state index is 11.2. The highest BCUT2D eigenvalue weighted by molar-refractivity contribution is 6.29. The van der Waals surface area contributed by atoms with Gasteiger partial charge in [0.05, 0.1) is 4.92 Å². The first-order chi connectivity index (χ1) is 10.1. The summed E-state index contributed by atoms with van der Waals surface area (Å²) in [6, 6.07) is 6.21. The van der Waals surface area contributed by atoms with E-state index in [1.807, 2.05) is 0 Å². The summed E-state index contributed by atoms with van der Waals surface area (Å²) in [5.74, 6) is 0.531. The fourth-order valence-electron chi connectivity index (χ4n) is 1.89. The number of benzene rings is 1. The zero-order valence-electron chi connectivity index (χ0n) is 10.7. The van der Waals surface area contributed by atoms with Gasteiger partial charge >= 0.3 is 5.69 Å². The summed E-state index contributed by atoms with van der Waals surface area (Å²) >= 11 is 5.87. The summed E-state index contributed by atoms with van der Waals surface area (Å²) in [4.78, 5) is 18.5. The van der Waals surface area contributed by atoms with E-state index in [-0.39, 0.29) is 28.2 Å². The van der Waals surface area contributed by atoms with E-state index >= 15 is 0 Å². The Morgan fingerprint density at radius 3 is 3.00 bits per heavy atom. The van der Waals surface area contributed by atoms with Crippen LogP contribution in [0.15, 0.2) is 30.6 Å². The van der Waals surface area contributed by atoms with E-state index in [1.165, 1.54) is 23.0 Å². The zero-order valence-corrected chi connectivity index (χ0v) is 11.5. The van der Waals surface area contributed by atoms with Gasteiger partial charge in [0.25, 0.3) is 5.78 Å². The second-order valence-corrected chi connectivity index (χ2v) is 4.56. The molecule has 0 unspecified atom stereocenters. The van der Waals surface area contributed by atoms with Crippen LogP contribution in [-0.2, 0) is 0 Å². The van der Waals surface area contributed by atoms with Crippen LogP contribution in [0.2, 0.25) is 5.15 Å². The third-order valence-electron chi connectivity index (χ3n) is 2.79. The number of hydrogen-bond acceptors (Lipinski definition) is 6. The van der Waals surface area contributed by atoms with Crippen molar-refractivity contribution in [2.24, 2.45) is 0 Å². The number of aromatic nitrogens is 4. The summed E-state index contributed by atoms with van der Waals surface area (Å²) in [7, 11) is 0. The van der Waals surface area contributed by atoms with Crippen LogP contribution in [0, 0.1) is 17.0 Å². The number of aryl methyl sites for hydroxylation is 1. The Hall–Kier alpha value is -2.74. The molecule has 106 valence electrons. The fourth-order valence-corrected chi connectivity index (χ4v) is 2.06. The first-order valence-electron chi connectivity index (χ1n) is 5.84. The van der Waals surface area contributed by atoms with Gasteiger partial charge in [-0.2, -0.15) is 19.6 Å². The van der Waals surface area contributed by atoms with E-state index in [4.69, 9.17) is 16.3 Å². The lowest BCUT2D eigenvalue weighted by atomic mass is 10.2. The van der Waals surface area contributed by atoms with Gasteiger partial charge in [-0.1, -0.05) is 23.7 Å². The van der Waals surface area contributed by atoms with Gasteiger partial charge in [0.1, 0.15) is 11.5 Å². The SMILES string of the molecule is Cc1cccc(Oc2cc(Cl)nc3ncnn23)c1[N+](=O)[O-]. The smallest absolute Gasteiger partial charge is 0.314 e. The van der Waals surface area contributed by atoms with Gasteiger partial charge in [0.2, 0.25) is 11.6 Å². The molecule has 9 heteroatoms. The second kappa shape index (κ2) is 4.98. The predicted octanol–water partition coefficient (Wildman–Crippen LogP) is 2.79. The third kappa shape index (κ3) is 2.36. The van der Waals surface area contributed by atoms with Gasteiger partial charge in [0, 0.05) is 11.6 Å². The molecule has 0 N–H and O–H groups in total. The summed E-state index contributed by atoms with van der Waals surface area (Å²) in [5, 5.41) is 15.3. The van der Waals surface area contributed by atoms with Crippen LogP contribution in [0.1, 0.15) is 5.56 Å². The molecule has 2 heterocycles. The minimum Gasteiger partial charge on any atom is -0.431 e.